The lowest BCUT2D eigenvalue weighted by atomic mass is 10.1. The maximum Gasteiger partial charge on any atom is 0.255 e. The van der Waals surface area contributed by atoms with Crippen molar-refractivity contribution in [2.45, 2.75) is 24.7 Å². The van der Waals surface area contributed by atoms with E-state index in [9.17, 15) is 13.2 Å². The molecule has 9 heteroatoms. The molecule has 2 heterocycles. The summed E-state index contributed by atoms with van der Waals surface area (Å²) in [5.41, 5.74) is 2.07. The van der Waals surface area contributed by atoms with Crippen LogP contribution in [0.3, 0.4) is 0 Å². The highest BCUT2D eigenvalue weighted by atomic mass is 32.2. The van der Waals surface area contributed by atoms with Crippen LogP contribution in [0, 0.1) is 0 Å². The van der Waals surface area contributed by atoms with Crippen molar-refractivity contribution in [1.29, 1.82) is 0 Å². The Morgan fingerprint density at radius 1 is 1.07 bits per heavy atom. The fourth-order valence-corrected chi connectivity index (χ4v) is 5.11. The average molecular weight is 426 g/mol. The highest BCUT2D eigenvalue weighted by molar-refractivity contribution is 7.89. The van der Waals surface area contributed by atoms with E-state index in [0.717, 1.165) is 12.8 Å². The van der Waals surface area contributed by atoms with Gasteiger partial charge in [0.05, 0.1) is 17.6 Å². The van der Waals surface area contributed by atoms with E-state index in [1.54, 1.807) is 49.6 Å². The normalized spacial score (nSPS) is 14.7. The number of fused-ring (bicyclic) bond motifs is 1. The van der Waals surface area contributed by atoms with Gasteiger partial charge in [-0.15, -0.1) is 0 Å². The van der Waals surface area contributed by atoms with Crippen molar-refractivity contribution in [3.8, 4) is 5.75 Å². The number of amides is 1. The second kappa shape index (κ2) is 8.37. The first-order valence-corrected chi connectivity index (χ1v) is 11.2. The summed E-state index contributed by atoms with van der Waals surface area (Å²) >= 11 is 0. The fourth-order valence-electron chi connectivity index (χ4n) is 3.44. The molecule has 0 saturated carbocycles. The Hall–Kier alpha value is -3.04. The first-order valence-electron chi connectivity index (χ1n) is 9.78. The summed E-state index contributed by atoms with van der Waals surface area (Å²) < 4.78 is 33.2. The van der Waals surface area contributed by atoms with Crippen LogP contribution in [0.4, 0.5) is 5.69 Å². The third-order valence-electron chi connectivity index (χ3n) is 4.92. The maximum absolute atomic E-state index is 13.1. The van der Waals surface area contributed by atoms with Crippen molar-refractivity contribution in [3.63, 3.8) is 0 Å². The van der Waals surface area contributed by atoms with Crippen LogP contribution in [-0.2, 0) is 10.0 Å². The number of nitrogens with zero attached hydrogens (tertiary/aromatic N) is 3. The maximum atomic E-state index is 13.1. The number of anilines is 1. The van der Waals surface area contributed by atoms with E-state index < -0.39 is 10.0 Å². The molecule has 0 bridgehead atoms. The monoisotopic (exact) mass is 426 g/mol. The van der Waals surface area contributed by atoms with Crippen LogP contribution in [0.1, 0.15) is 30.1 Å². The van der Waals surface area contributed by atoms with Crippen LogP contribution in [0.2, 0.25) is 0 Å². The number of aromatic nitrogens is 2. The molecule has 1 aromatic heterocycles. The lowest BCUT2D eigenvalue weighted by molar-refractivity contribution is 0.102. The largest absolute Gasteiger partial charge is 0.492 e. The van der Waals surface area contributed by atoms with Gasteiger partial charge in [0.2, 0.25) is 10.0 Å². The number of hydrogen-bond acceptors (Lipinski definition) is 6. The number of rotatable bonds is 6. The van der Waals surface area contributed by atoms with Crippen LogP contribution >= 0.6 is 0 Å². The van der Waals surface area contributed by atoms with E-state index in [2.05, 4.69) is 15.3 Å². The summed E-state index contributed by atoms with van der Waals surface area (Å²) in [6, 6.07) is 9.69. The molecule has 1 aliphatic rings. The number of carbonyl (C=O) groups excluding carboxylic acids is 1. The molecule has 156 valence electrons. The van der Waals surface area contributed by atoms with Gasteiger partial charge in [-0.2, -0.15) is 4.31 Å². The molecule has 8 nitrogen and oxygen atoms in total. The molecule has 0 atom stereocenters. The number of nitrogens with one attached hydrogen (secondary N) is 1. The van der Waals surface area contributed by atoms with Gasteiger partial charge >= 0.3 is 0 Å². The molecule has 1 amide bonds. The standard InChI is InChI=1S/C21H22N4O4S/c1-2-29-19-8-6-16(14-20(19)30(27,28)25-11-3-4-12-25)24-21(26)15-5-7-17-18(13-15)23-10-9-22-17/h5-10,13-14H,2-4,11-12H2,1H3,(H,24,26). The Morgan fingerprint density at radius 2 is 1.80 bits per heavy atom. The lowest BCUT2D eigenvalue weighted by Crippen LogP contribution is -2.28. The summed E-state index contributed by atoms with van der Waals surface area (Å²) in [6.45, 7) is 3.11. The van der Waals surface area contributed by atoms with Gasteiger partial charge in [-0.05, 0) is 56.2 Å². The van der Waals surface area contributed by atoms with Crippen molar-refractivity contribution in [2.75, 3.05) is 25.0 Å². The fraction of sp³-hybridized carbons (Fsp3) is 0.286. The van der Waals surface area contributed by atoms with Crippen LogP contribution < -0.4 is 10.1 Å². The average Bonchev–Trinajstić information content (AvgIpc) is 3.30. The summed E-state index contributed by atoms with van der Waals surface area (Å²) in [5, 5.41) is 2.77. The van der Waals surface area contributed by atoms with Crippen LogP contribution in [0.25, 0.3) is 11.0 Å². The molecule has 1 fully saturated rings. The van der Waals surface area contributed by atoms with Gasteiger partial charge in [-0.3, -0.25) is 14.8 Å². The number of hydrogen-bond donors (Lipinski definition) is 1. The zero-order valence-corrected chi connectivity index (χ0v) is 17.4. The predicted octanol–water partition coefficient (Wildman–Crippen LogP) is 3.07. The molecule has 0 aliphatic carbocycles. The zero-order valence-electron chi connectivity index (χ0n) is 16.5. The highest BCUT2D eigenvalue weighted by Crippen LogP contribution is 2.31. The third kappa shape index (κ3) is 3.99. The van der Waals surface area contributed by atoms with Crippen molar-refractivity contribution in [2.24, 2.45) is 0 Å². The predicted molar refractivity (Wildman–Crippen MR) is 113 cm³/mol. The van der Waals surface area contributed by atoms with Gasteiger partial charge in [0, 0.05) is 36.7 Å². The smallest absolute Gasteiger partial charge is 0.255 e. The Kier molecular flexibility index (Phi) is 5.65. The SMILES string of the molecule is CCOc1ccc(NC(=O)c2ccc3nccnc3c2)cc1S(=O)(=O)N1CCCC1. The second-order valence-electron chi connectivity index (χ2n) is 6.92. The molecule has 0 unspecified atom stereocenters. The van der Waals surface area contributed by atoms with Crippen LogP contribution in [0.15, 0.2) is 53.7 Å². The van der Waals surface area contributed by atoms with E-state index >= 15 is 0 Å². The molecule has 2 aromatic carbocycles. The number of carbonyl (C=O) groups is 1. The minimum Gasteiger partial charge on any atom is -0.492 e. The summed E-state index contributed by atoms with van der Waals surface area (Å²) in [6.07, 6.45) is 4.82. The Morgan fingerprint density at radius 3 is 2.53 bits per heavy atom. The summed E-state index contributed by atoms with van der Waals surface area (Å²) in [7, 11) is -3.70. The minimum atomic E-state index is -3.70. The quantitative estimate of drug-likeness (QED) is 0.650. The van der Waals surface area contributed by atoms with Gasteiger partial charge < -0.3 is 10.1 Å². The van der Waals surface area contributed by atoms with E-state index in [1.165, 1.54) is 10.4 Å². The molecule has 1 N–H and O–H groups in total. The molecule has 30 heavy (non-hydrogen) atoms. The summed E-state index contributed by atoms with van der Waals surface area (Å²) in [5.74, 6) is -0.0837. The first kappa shape index (κ1) is 20.2. The van der Waals surface area contributed by atoms with Gasteiger partial charge in [-0.1, -0.05) is 0 Å². The molecule has 0 radical (unpaired) electrons. The van der Waals surface area contributed by atoms with E-state index in [4.69, 9.17) is 4.74 Å². The highest BCUT2D eigenvalue weighted by Gasteiger charge is 2.30. The first-order chi connectivity index (χ1) is 14.5. The van der Waals surface area contributed by atoms with E-state index in [1.807, 2.05) is 0 Å². The van der Waals surface area contributed by atoms with E-state index in [0.29, 0.717) is 42.0 Å². The Bertz CT molecular complexity index is 1190. The second-order valence-corrected chi connectivity index (χ2v) is 8.83. The molecule has 1 saturated heterocycles. The number of benzene rings is 2. The molecular weight excluding hydrogens is 404 g/mol. The third-order valence-corrected chi connectivity index (χ3v) is 6.84. The lowest BCUT2D eigenvalue weighted by Gasteiger charge is -2.19. The van der Waals surface area contributed by atoms with Crippen molar-refractivity contribution in [1.82, 2.24) is 14.3 Å². The van der Waals surface area contributed by atoms with Crippen LogP contribution in [0.5, 0.6) is 5.75 Å². The Balaban J connectivity index is 1.64. The number of sulfonamides is 1. The van der Waals surface area contributed by atoms with Gasteiger partial charge in [0.15, 0.2) is 0 Å². The molecule has 3 aromatic rings. The van der Waals surface area contributed by atoms with Crippen molar-refractivity contribution < 1.29 is 17.9 Å². The minimum absolute atomic E-state index is 0.0634. The Labute approximate surface area is 175 Å². The van der Waals surface area contributed by atoms with Crippen molar-refractivity contribution >= 4 is 32.7 Å². The van der Waals surface area contributed by atoms with Gasteiger partial charge in [0.1, 0.15) is 10.6 Å². The van der Waals surface area contributed by atoms with Gasteiger partial charge in [-0.25, -0.2) is 8.42 Å². The molecule has 4 rings (SSSR count). The number of ether oxygens (including phenoxy) is 1. The summed E-state index contributed by atoms with van der Waals surface area (Å²) in [4.78, 5) is 21.2. The topological polar surface area (TPSA) is 101 Å². The zero-order chi connectivity index (χ0) is 21.1. The van der Waals surface area contributed by atoms with E-state index in [-0.39, 0.29) is 16.6 Å². The molecule has 0 spiro atoms. The van der Waals surface area contributed by atoms with Crippen LogP contribution in [-0.4, -0.2) is 48.3 Å². The van der Waals surface area contributed by atoms with Gasteiger partial charge in [0.25, 0.3) is 5.91 Å². The molecular formula is C21H22N4O4S. The molecule has 1 aliphatic heterocycles. The van der Waals surface area contributed by atoms with Crippen molar-refractivity contribution in [3.05, 3.63) is 54.4 Å².